The van der Waals surface area contributed by atoms with Crippen molar-refractivity contribution in [2.45, 2.75) is 19.8 Å². The van der Waals surface area contributed by atoms with Crippen molar-refractivity contribution >= 4 is 33.4 Å². The molecule has 0 aromatic heterocycles. The summed E-state index contributed by atoms with van der Waals surface area (Å²) in [5.41, 5.74) is 1.84. The van der Waals surface area contributed by atoms with Gasteiger partial charge in [-0.15, -0.1) is 0 Å². The van der Waals surface area contributed by atoms with Crippen LogP contribution in [0.15, 0.2) is 34.6 Å². The van der Waals surface area contributed by atoms with Gasteiger partial charge >= 0.3 is 0 Å². The molecule has 0 spiro atoms. The molecule has 2 aliphatic heterocycles. The van der Waals surface area contributed by atoms with E-state index in [0.717, 1.165) is 15.7 Å². The van der Waals surface area contributed by atoms with Crippen LogP contribution in [0.5, 0.6) is 0 Å². The fraction of sp³-hybridized carbons (Fsp3) is 0.412. The number of hydrogen-bond acceptors (Lipinski definition) is 2. The molecule has 0 radical (unpaired) electrons. The van der Waals surface area contributed by atoms with Gasteiger partial charge in [0.15, 0.2) is 0 Å². The van der Waals surface area contributed by atoms with Crippen LogP contribution in [0.25, 0.3) is 0 Å². The molecule has 1 atom stereocenters. The van der Waals surface area contributed by atoms with Crippen LogP contribution in [-0.2, 0) is 9.59 Å². The number of nitrogens with zero attached hydrogens (tertiary/aromatic N) is 2. The number of carbonyl (C=O) groups is 2. The molecule has 1 aromatic rings. The zero-order chi connectivity index (χ0) is 16.6. The lowest BCUT2D eigenvalue weighted by atomic mass is 10.1. The van der Waals surface area contributed by atoms with Crippen LogP contribution < -0.4 is 4.90 Å². The third-order valence-electron chi connectivity index (χ3n) is 4.35. The second-order valence-corrected chi connectivity index (χ2v) is 6.89. The Morgan fingerprint density at radius 1 is 1.39 bits per heavy atom. The van der Waals surface area contributed by atoms with Crippen molar-refractivity contribution < 1.29 is 14.0 Å². The fourth-order valence-corrected chi connectivity index (χ4v) is 3.32. The third kappa shape index (κ3) is 3.32. The smallest absolute Gasteiger partial charge is 0.228 e. The van der Waals surface area contributed by atoms with Crippen molar-refractivity contribution in [3.05, 3.63) is 40.1 Å². The Morgan fingerprint density at radius 2 is 2.17 bits per heavy atom. The molecule has 0 bridgehead atoms. The Hall–Kier alpha value is -1.69. The maximum atomic E-state index is 13.4. The van der Waals surface area contributed by atoms with Crippen molar-refractivity contribution in [1.29, 1.82) is 0 Å². The Kier molecular flexibility index (Phi) is 4.53. The number of anilines is 1. The van der Waals surface area contributed by atoms with Crippen molar-refractivity contribution in [1.82, 2.24) is 4.90 Å². The normalized spacial score (nSPS) is 21.6. The van der Waals surface area contributed by atoms with Crippen molar-refractivity contribution in [2.75, 3.05) is 24.5 Å². The molecule has 122 valence electrons. The van der Waals surface area contributed by atoms with Crippen LogP contribution in [-0.4, -0.2) is 36.3 Å². The fourth-order valence-electron chi connectivity index (χ4n) is 3.07. The summed E-state index contributed by atoms with van der Waals surface area (Å²) >= 11 is 3.44. The summed E-state index contributed by atoms with van der Waals surface area (Å²) in [5.74, 6) is -0.845. The Balaban J connectivity index is 1.73. The molecule has 0 saturated carbocycles. The number of aryl methyl sites for hydroxylation is 1. The average molecular weight is 381 g/mol. The molecular weight excluding hydrogens is 363 g/mol. The predicted molar refractivity (Wildman–Crippen MR) is 89.7 cm³/mol. The highest BCUT2D eigenvalue weighted by atomic mass is 79.9. The minimum Gasteiger partial charge on any atom is -0.335 e. The minimum absolute atomic E-state index is 0.0287. The molecule has 2 heterocycles. The molecule has 3 rings (SSSR count). The first kappa shape index (κ1) is 16.2. The first-order chi connectivity index (χ1) is 11.0. The van der Waals surface area contributed by atoms with Crippen LogP contribution in [0.2, 0.25) is 0 Å². The van der Waals surface area contributed by atoms with Gasteiger partial charge in [-0.2, -0.15) is 0 Å². The number of halogens is 2. The van der Waals surface area contributed by atoms with Crippen molar-refractivity contribution in [3.63, 3.8) is 0 Å². The van der Waals surface area contributed by atoms with E-state index in [4.69, 9.17) is 0 Å². The summed E-state index contributed by atoms with van der Waals surface area (Å²) in [6.45, 7) is 2.87. The van der Waals surface area contributed by atoms with Gasteiger partial charge in [0.25, 0.3) is 0 Å². The first-order valence-corrected chi connectivity index (χ1v) is 8.45. The number of carbonyl (C=O) groups excluding carboxylic acids is 2. The van der Waals surface area contributed by atoms with E-state index in [2.05, 4.69) is 15.9 Å². The Labute approximate surface area is 143 Å². The Morgan fingerprint density at radius 3 is 2.87 bits per heavy atom. The molecule has 6 heteroatoms. The van der Waals surface area contributed by atoms with Crippen LogP contribution in [0.3, 0.4) is 0 Å². The van der Waals surface area contributed by atoms with Gasteiger partial charge in [0.1, 0.15) is 5.83 Å². The van der Waals surface area contributed by atoms with E-state index in [1.165, 1.54) is 11.0 Å². The lowest BCUT2D eigenvalue weighted by Gasteiger charge is -2.27. The van der Waals surface area contributed by atoms with E-state index in [0.29, 0.717) is 19.5 Å². The van der Waals surface area contributed by atoms with E-state index in [9.17, 15) is 14.0 Å². The van der Waals surface area contributed by atoms with Gasteiger partial charge < -0.3 is 9.80 Å². The summed E-state index contributed by atoms with van der Waals surface area (Å²) in [6, 6.07) is 5.70. The zero-order valence-corrected chi connectivity index (χ0v) is 14.5. The van der Waals surface area contributed by atoms with Gasteiger partial charge in [0.05, 0.1) is 12.5 Å². The molecule has 1 unspecified atom stereocenters. The second-order valence-electron chi connectivity index (χ2n) is 6.04. The standard InChI is InChI=1S/C17H18BrFN2O2/c1-11-7-14(4-5-15(11)18)21-9-12(8-16(21)22)17(23)20-6-2-3-13(19)10-20/h3-5,7,12H,2,6,8-10H2,1H3. The maximum Gasteiger partial charge on any atom is 0.228 e. The number of benzene rings is 1. The van der Waals surface area contributed by atoms with Gasteiger partial charge in [-0.05, 0) is 43.2 Å². The molecule has 2 aliphatic rings. The number of rotatable bonds is 2. The van der Waals surface area contributed by atoms with E-state index < -0.39 is 5.92 Å². The van der Waals surface area contributed by atoms with E-state index >= 15 is 0 Å². The number of hydrogen-bond donors (Lipinski definition) is 0. The molecule has 1 aromatic carbocycles. The van der Waals surface area contributed by atoms with Crippen molar-refractivity contribution in [3.8, 4) is 0 Å². The van der Waals surface area contributed by atoms with Crippen LogP contribution in [0, 0.1) is 12.8 Å². The van der Waals surface area contributed by atoms with Gasteiger partial charge in [-0.1, -0.05) is 15.9 Å². The first-order valence-electron chi connectivity index (χ1n) is 7.65. The summed E-state index contributed by atoms with van der Waals surface area (Å²) in [6.07, 6.45) is 2.24. The summed E-state index contributed by atoms with van der Waals surface area (Å²) < 4.78 is 14.3. The molecule has 4 nitrogen and oxygen atoms in total. The van der Waals surface area contributed by atoms with Crippen LogP contribution in [0.4, 0.5) is 10.1 Å². The highest BCUT2D eigenvalue weighted by molar-refractivity contribution is 9.10. The summed E-state index contributed by atoms with van der Waals surface area (Å²) in [4.78, 5) is 28.0. The predicted octanol–water partition coefficient (Wildman–Crippen LogP) is 3.20. The molecule has 2 amide bonds. The molecule has 1 fully saturated rings. The van der Waals surface area contributed by atoms with E-state index in [-0.39, 0.29) is 30.6 Å². The largest absolute Gasteiger partial charge is 0.335 e. The average Bonchev–Trinajstić information content (AvgIpc) is 2.91. The maximum absolute atomic E-state index is 13.4. The third-order valence-corrected chi connectivity index (χ3v) is 5.24. The molecular formula is C17H18BrFN2O2. The lowest BCUT2D eigenvalue weighted by molar-refractivity contribution is -0.135. The zero-order valence-electron chi connectivity index (χ0n) is 12.9. The number of amides is 2. The lowest BCUT2D eigenvalue weighted by Crippen LogP contribution is -2.40. The SMILES string of the molecule is Cc1cc(N2CC(C(=O)N3CCC=C(F)C3)CC2=O)ccc1Br. The van der Waals surface area contributed by atoms with Gasteiger partial charge in [-0.25, -0.2) is 4.39 Å². The topological polar surface area (TPSA) is 40.6 Å². The summed E-state index contributed by atoms with van der Waals surface area (Å²) in [5, 5.41) is 0. The highest BCUT2D eigenvalue weighted by Crippen LogP contribution is 2.29. The Bertz CT molecular complexity index is 689. The van der Waals surface area contributed by atoms with E-state index in [1.54, 1.807) is 4.90 Å². The molecule has 0 N–H and O–H groups in total. The molecule has 23 heavy (non-hydrogen) atoms. The summed E-state index contributed by atoms with van der Waals surface area (Å²) in [7, 11) is 0. The second kappa shape index (κ2) is 6.43. The van der Waals surface area contributed by atoms with E-state index in [1.807, 2.05) is 25.1 Å². The highest BCUT2D eigenvalue weighted by Gasteiger charge is 2.37. The van der Waals surface area contributed by atoms with Gasteiger partial charge in [0.2, 0.25) is 11.8 Å². The monoisotopic (exact) mass is 380 g/mol. The van der Waals surface area contributed by atoms with Gasteiger partial charge in [-0.3, -0.25) is 9.59 Å². The van der Waals surface area contributed by atoms with Crippen LogP contribution >= 0.6 is 15.9 Å². The molecule has 0 aliphatic carbocycles. The molecule has 1 saturated heterocycles. The minimum atomic E-state index is -0.391. The van der Waals surface area contributed by atoms with Crippen LogP contribution in [0.1, 0.15) is 18.4 Å². The van der Waals surface area contributed by atoms with Crippen molar-refractivity contribution in [2.24, 2.45) is 5.92 Å². The van der Waals surface area contributed by atoms with Gasteiger partial charge in [0, 0.05) is 29.7 Å². The quantitative estimate of drug-likeness (QED) is 0.790.